The van der Waals surface area contributed by atoms with E-state index in [1.165, 1.54) is 23.8 Å². The normalized spacial score (nSPS) is 14.6. The van der Waals surface area contributed by atoms with Gasteiger partial charge in [-0.25, -0.2) is 4.79 Å². The lowest BCUT2D eigenvalue weighted by atomic mass is 10.1. The van der Waals surface area contributed by atoms with Gasteiger partial charge >= 0.3 is 5.97 Å². The Kier molecular flexibility index (Phi) is 8.02. The molecule has 1 aliphatic rings. The number of benzene rings is 2. The molecule has 0 bridgehead atoms. The smallest absolute Gasteiger partial charge is 0.337 e. The van der Waals surface area contributed by atoms with E-state index in [1.54, 1.807) is 61.7 Å². The Morgan fingerprint density at radius 2 is 1.91 bits per heavy atom. The molecule has 166 valence electrons. The second-order valence-electron chi connectivity index (χ2n) is 6.83. The minimum absolute atomic E-state index is 0.148. The SMILES string of the molecule is COC(=O)c1ccc(/C=C2\SC(=S)N(CCCC(=O)Nc3cccc(OC)c3)C2=O)cc1. The Morgan fingerprint density at radius 3 is 2.59 bits per heavy atom. The van der Waals surface area contributed by atoms with E-state index >= 15 is 0 Å². The summed E-state index contributed by atoms with van der Waals surface area (Å²) in [7, 11) is 2.89. The highest BCUT2D eigenvalue weighted by Gasteiger charge is 2.31. The molecule has 1 aliphatic heterocycles. The first-order chi connectivity index (χ1) is 15.4. The molecule has 0 atom stereocenters. The summed E-state index contributed by atoms with van der Waals surface area (Å²) in [4.78, 5) is 38.5. The summed E-state index contributed by atoms with van der Waals surface area (Å²) in [6.07, 6.45) is 2.46. The molecule has 0 aromatic heterocycles. The first-order valence-corrected chi connectivity index (χ1v) is 11.0. The molecule has 2 aromatic carbocycles. The highest BCUT2D eigenvalue weighted by atomic mass is 32.2. The molecule has 32 heavy (non-hydrogen) atoms. The van der Waals surface area contributed by atoms with E-state index in [1.807, 2.05) is 0 Å². The summed E-state index contributed by atoms with van der Waals surface area (Å²) in [6, 6.07) is 13.9. The predicted octanol–water partition coefficient (Wildman–Crippen LogP) is 4.10. The zero-order valence-electron chi connectivity index (χ0n) is 17.6. The van der Waals surface area contributed by atoms with Crippen LogP contribution in [0.1, 0.15) is 28.8 Å². The van der Waals surface area contributed by atoms with Gasteiger partial charge in [0.15, 0.2) is 0 Å². The van der Waals surface area contributed by atoms with Gasteiger partial charge in [0.05, 0.1) is 24.7 Å². The van der Waals surface area contributed by atoms with E-state index < -0.39 is 5.97 Å². The number of ether oxygens (including phenoxy) is 2. The predicted molar refractivity (Wildman–Crippen MR) is 129 cm³/mol. The average molecular weight is 471 g/mol. The second kappa shape index (κ2) is 10.9. The number of carbonyl (C=O) groups excluding carboxylic acids is 3. The van der Waals surface area contributed by atoms with Crippen LogP contribution in [0.4, 0.5) is 5.69 Å². The van der Waals surface area contributed by atoms with Gasteiger partial charge in [-0.05, 0) is 42.3 Å². The third kappa shape index (κ3) is 5.95. The van der Waals surface area contributed by atoms with Gasteiger partial charge in [0.2, 0.25) is 5.91 Å². The van der Waals surface area contributed by atoms with Crippen molar-refractivity contribution in [2.24, 2.45) is 0 Å². The lowest BCUT2D eigenvalue weighted by molar-refractivity contribution is -0.122. The number of hydrogen-bond acceptors (Lipinski definition) is 7. The number of anilines is 1. The number of esters is 1. The van der Waals surface area contributed by atoms with Crippen molar-refractivity contribution in [3.05, 3.63) is 64.6 Å². The van der Waals surface area contributed by atoms with E-state index in [4.69, 9.17) is 17.0 Å². The number of carbonyl (C=O) groups is 3. The Bertz CT molecular complexity index is 1070. The van der Waals surface area contributed by atoms with Crippen molar-refractivity contribution in [2.45, 2.75) is 12.8 Å². The van der Waals surface area contributed by atoms with E-state index in [0.717, 1.165) is 5.56 Å². The maximum atomic E-state index is 12.7. The monoisotopic (exact) mass is 470 g/mol. The zero-order chi connectivity index (χ0) is 23.1. The molecular formula is C23H22N2O5S2. The third-order valence-electron chi connectivity index (χ3n) is 4.64. The minimum Gasteiger partial charge on any atom is -0.497 e. The molecule has 2 amide bonds. The number of rotatable bonds is 8. The Morgan fingerprint density at radius 1 is 1.16 bits per heavy atom. The Hall–Kier alpha value is -3.17. The van der Waals surface area contributed by atoms with Gasteiger partial charge in [-0.1, -0.05) is 42.2 Å². The lowest BCUT2D eigenvalue weighted by Crippen LogP contribution is -2.29. The molecule has 0 aliphatic carbocycles. The van der Waals surface area contributed by atoms with Crippen molar-refractivity contribution >= 4 is 57.8 Å². The van der Waals surface area contributed by atoms with Crippen LogP contribution < -0.4 is 10.1 Å². The molecule has 7 nitrogen and oxygen atoms in total. The fourth-order valence-electron chi connectivity index (χ4n) is 3.00. The highest BCUT2D eigenvalue weighted by Crippen LogP contribution is 2.32. The van der Waals surface area contributed by atoms with Crippen LogP contribution in [0.3, 0.4) is 0 Å². The van der Waals surface area contributed by atoms with Gasteiger partial charge in [0.25, 0.3) is 5.91 Å². The van der Waals surface area contributed by atoms with Crippen LogP contribution >= 0.6 is 24.0 Å². The quantitative estimate of drug-likeness (QED) is 0.353. The van der Waals surface area contributed by atoms with E-state index in [9.17, 15) is 14.4 Å². The van der Waals surface area contributed by atoms with Crippen LogP contribution in [0, 0.1) is 0 Å². The highest BCUT2D eigenvalue weighted by molar-refractivity contribution is 8.26. The van der Waals surface area contributed by atoms with Crippen molar-refractivity contribution in [3.63, 3.8) is 0 Å². The van der Waals surface area contributed by atoms with Crippen LogP contribution in [0.2, 0.25) is 0 Å². The van der Waals surface area contributed by atoms with Gasteiger partial charge in [0, 0.05) is 24.7 Å². The molecular weight excluding hydrogens is 448 g/mol. The first-order valence-electron chi connectivity index (χ1n) is 9.79. The van der Waals surface area contributed by atoms with Crippen molar-refractivity contribution in [2.75, 3.05) is 26.1 Å². The van der Waals surface area contributed by atoms with Crippen molar-refractivity contribution in [3.8, 4) is 5.75 Å². The molecule has 1 N–H and O–H groups in total. The van der Waals surface area contributed by atoms with Crippen molar-refractivity contribution in [1.29, 1.82) is 0 Å². The van der Waals surface area contributed by atoms with Crippen molar-refractivity contribution in [1.82, 2.24) is 4.90 Å². The maximum absolute atomic E-state index is 12.7. The van der Waals surface area contributed by atoms with E-state index in [-0.39, 0.29) is 18.2 Å². The number of nitrogens with one attached hydrogen (secondary N) is 1. The Labute approximate surface area is 195 Å². The third-order valence-corrected chi connectivity index (χ3v) is 6.02. The summed E-state index contributed by atoms with van der Waals surface area (Å²) < 4.78 is 10.3. The lowest BCUT2D eigenvalue weighted by Gasteiger charge is -2.14. The molecule has 0 radical (unpaired) electrons. The summed E-state index contributed by atoms with van der Waals surface area (Å²) in [5, 5.41) is 2.82. The van der Waals surface area contributed by atoms with Gasteiger partial charge < -0.3 is 14.8 Å². The summed E-state index contributed by atoms with van der Waals surface area (Å²) in [5.41, 5.74) is 1.86. The molecule has 1 fully saturated rings. The maximum Gasteiger partial charge on any atom is 0.337 e. The number of thioether (sulfide) groups is 1. The molecule has 2 aromatic rings. The summed E-state index contributed by atoms with van der Waals surface area (Å²) in [6.45, 7) is 0.356. The van der Waals surface area contributed by atoms with Crippen LogP contribution in [0.15, 0.2) is 53.4 Å². The van der Waals surface area contributed by atoms with Crippen LogP contribution in [0.25, 0.3) is 6.08 Å². The fourth-order valence-corrected chi connectivity index (χ4v) is 4.31. The summed E-state index contributed by atoms with van der Waals surface area (Å²) >= 11 is 6.56. The van der Waals surface area contributed by atoms with Gasteiger partial charge in [-0.15, -0.1) is 0 Å². The first kappa shape index (κ1) is 23.5. The van der Waals surface area contributed by atoms with Crippen molar-refractivity contribution < 1.29 is 23.9 Å². The molecule has 0 unspecified atom stereocenters. The topological polar surface area (TPSA) is 84.9 Å². The largest absolute Gasteiger partial charge is 0.497 e. The van der Waals surface area contributed by atoms with Gasteiger partial charge in [0.1, 0.15) is 10.1 Å². The minimum atomic E-state index is -0.418. The number of nitrogens with zero attached hydrogens (tertiary/aromatic N) is 1. The standard InChI is InChI=1S/C23H22N2O5S2/c1-29-18-6-3-5-17(14-18)24-20(26)7-4-12-25-21(27)19(32-23(25)31)13-15-8-10-16(11-9-15)22(28)30-2/h3,5-6,8-11,13-14H,4,7,12H2,1-2H3,(H,24,26)/b19-13-. The fraction of sp³-hybridized carbons (Fsp3) is 0.217. The zero-order valence-corrected chi connectivity index (χ0v) is 19.3. The molecule has 0 spiro atoms. The van der Waals surface area contributed by atoms with Crippen LogP contribution in [0.5, 0.6) is 5.75 Å². The van der Waals surface area contributed by atoms with E-state index in [2.05, 4.69) is 10.1 Å². The molecule has 0 saturated carbocycles. The molecule has 9 heteroatoms. The Balaban J connectivity index is 1.53. The molecule has 1 heterocycles. The summed E-state index contributed by atoms with van der Waals surface area (Å²) in [5.74, 6) is -0.0967. The van der Waals surface area contributed by atoms with Gasteiger partial charge in [-0.2, -0.15) is 0 Å². The van der Waals surface area contributed by atoms with Gasteiger partial charge in [-0.3, -0.25) is 14.5 Å². The molecule has 1 saturated heterocycles. The molecule has 3 rings (SSSR count). The average Bonchev–Trinajstić information content (AvgIpc) is 3.06. The van der Waals surface area contributed by atoms with Crippen LogP contribution in [-0.4, -0.2) is 47.8 Å². The van der Waals surface area contributed by atoms with E-state index in [0.29, 0.717) is 39.2 Å². The second-order valence-corrected chi connectivity index (χ2v) is 8.51. The number of methoxy groups -OCH3 is 2. The number of amides is 2. The number of thiocarbonyl (C=S) groups is 1. The number of hydrogen-bond donors (Lipinski definition) is 1. The van der Waals surface area contributed by atoms with Crippen LogP contribution in [-0.2, 0) is 14.3 Å².